The summed E-state index contributed by atoms with van der Waals surface area (Å²) in [6.07, 6.45) is 1.66. The van der Waals surface area contributed by atoms with Crippen LogP contribution in [0.4, 0.5) is 4.39 Å². The van der Waals surface area contributed by atoms with Gasteiger partial charge in [-0.2, -0.15) is 0 Å². The molecule has 36 heavy (non-hydrogen) atoms. The van der Waals surface area contributed by atoms with Gasteiger partial charge in [-0.3, -0.25) is 9.59 Å². The SMILES string of the molecule is CC[C@@H](C)CN(CC(=O)N1CCc2sccc2[C@@H]1COc1ccc(F)cc1)C(=O)c1cccc(Cl)c1. The second kappa shape index (κ2) is 11.9. The molecule has 2 atom stereocenters. The molecule has 0 N–H and O–H groups in total. The minimum Gasteiger partial charge on any atom is -0.491 e. The normalized spacial score (nSPS) is 15.8. The summed E-state index contributed by atoms with van der Waals surface area (Å²) in [4.78, 5) is 31.7. The highest BCUT2D eigenvalue weighted by atomic mass is 35.5. The zero-order valence-corrected chi connectivity index (χ0v) is 22.0. The first-order valence-electron chi connectivity index (χ1n) is 12.1. The number of amides is 2. The van der Waals surface area contributed by atoms with E-state index in [1.807, 2.05) is 16.3 Å². The molecular weight excluding hydrogens is 499 g/mol. The van der Waals surface area contributed by atoms with Gasteiger partial charge in [0.1, 0.15) is 24.7 Å². The summed E-state index contributed by atoms with van der Waals surface area (Å²) in [7, 11) is 0. The number of hydrogen-bond donors (Lipinski definition) is 0. The van der Waals surface area contributed by atoms with Crippen molar-refractivity contribution in [2.75, 3.05) is 26.2 Å². The molecule has 3 aromatic rings. The van der Waals surface area contributed by atoms with Gasteiger partial charge in [-0.25, -0.2) is 4.39 Å². The minimum atomic E-state index is -0.331. The number of nitrogens with zero attached hydrogens (tertiary/aromatic N) is 2. The van der Waals surface area contributed by atoms with Crippen LogP contribution < -0.4 is 4.74 Å². The maximum absolute atomic E-state index is 13.7. The van der Waals surface area contributed by atoms with Crippen LogP contribution in [0.3, 0.4) is 0 Å². The molecule has 0 saturated carbocycles. The smallest absolute Gasteiger partial charge is 0.254 e. The summed E-state index contributed by atoms with van der Waals surface area (Å²) in [6.45, 7) is 5.38. The first kappa shape index (κ1) is 26.2. The van der Waals surface area contributed by atoms with E-state index in [9.17, 15) is 14.0 Å². The quantitative estimate of drug-likeness (QED) is 0.330. The Balaban J connectivity index is 1.54. The Kier molecular flexibility index (Phi) is 8.64. The van der Waals surface area contributed by atoms with E-state index < -0.39 is 0 Å². The Morgan fingerprint density at radius 1 is 1.22 bits per heavy atom. The molecule has 8 heteroatoms. The van der Waals surface area contributed by atoms with Gasteiger partial charge in [0.15, 0.2) is 0 Å². The first-order valence-corrected chi connectivity index (χ1v) is 13.4. The van der Waals surface area contributed by atoms with Crippen molar-refractivity contribution in [3.05, 3.63) is 86.8 Å². The number of carbonyl (C=O) groups excluding carboxylic acids is 2. The molecule has 4 rings (SSSR count). The largest absolute Gasteiger partial charge is 0.491 e. The molecular formula is C28H30ClFN2O3S. The zero-order valence-electron chi connectivity index (χ0n) is 20.5. The average Bonchev–Trinajstić information content (AvgIpc) is 3.36. The van der Waals surface area contributed by atoms with Crippen molar-refractivity contribution < 1.29 is 18.7 Å². The highest BCUT2D eigenvalue weighted by molar-refractivity contribution is 7.10. The van der Waals surface area contributed by atoms with E-state index in [1.54, 1.807) is 52.6 Å². The van der Waals surface area contributed by atoms with E-state index in [0.29, 0.717) is 29.4 Å². The van der Waals surface area contributed by atoms with Crippen LogP contribution in [-0.4, -0.2) is 47.9 Å². The van der Waals surface area contributed by atoms with Gasteiger partial charge in [0.2, 0.25) is 5.91 Å². The molecule has 1 aliphatic heterocycles. The lowest BCUT2D eigenvalue weighted by molar-refractivity contribution is -0.135. The molecule has 0 aliphatic carbocycles. The molecule has 190 valence electrons. The first-order chi connectivity index (χ1) is 17.4. The van der Waals surface area contributed by atoms with E-state index in [4.69, 9.17) is 16.3 Å². The van der Waals surface area contributed by atoms with Gasteiger partial charge in [-0.15, -0.1) is 11.3 Å². The minimum absolute atomic E-state index is 0.0256. The molecule has 0 unspecified atom stereocenters. The molecule has 5 nitrogen and oxygen atoms in total. The number of ether oxygens (including phenoxy) is 1. The van der Waals surface area contributed by atoms with Gasteiger partial charge in [-0.1, -0.05) is 37.9 Å². The maximum atomic E-state index is 13.7. The number of fused-ring (bicyclic) bond motifs is 1. The van der Waals surface area contributed by atoms with E-state index in [0.717, 1.165) is 18.4 Å². The molecule has 2 heterocycles. The topological polar surface area (TPSA) is 49.9 Å². The van der Waals surface area contributed by atoms with Crippen LogP contribution in [0, 0.1) is 11.7 Å². The number of hydrogen-bond acceptors (Lipinski definition) is 4. The van der Waals surface area contributed by atoms with Crippen molar-refractivity contribution >= 4 is 34.8 Å². The highest BCUT2D eigenvalue weighted by Gasteiger charge is 2.34. The molecule has 0 radical (unpaired) electrons. The van der Waals surface area contributed by atoms with E-state index in [2.05, 4.69) is 13.8 Å². The van der Waals surface area contributed by atoms with Crippen molar-refractivity contribution in [1.82, 2.24) is 9.80 Å². The molecule has 2 amide bonds. The molecule has 1 aliphatic rings. The van der Waals surface area contributed by atoms with E-state index in [-0.39, 0.29) is 42.7 Å². The Morgan fingerprint density at radius 3 is 2.72 bits per heavy atom. The maximum Gasteiger partial charge on any atom is 0.254 e. The fourth-order valence-electron chi connectivity index (χ4n) is 4.36. The summed E-state index contributed by atoms with van der Waals surface area (Å²) in [5, 5.41) is 2.51. The lowest BCUT2D eigenvalue weighted by Crippen LogP contribution is -2.48. The summed E-state index contributed by atoms with van der Waals surface area (Å²) >= 11 is 7.80. The standard InChI is InChI=1S/C28H30ClFN2O3S/c1-3-19(2)16-31(28(34)20-5-4-6-21(29)15-20)17-27(33)32-13-11-26-24(12-14-36-26)25(32)18-35-23-9-7-22(30)8-10-23/h4-10,12,14-15,19,25H,3,11,13,16-18H2,1-2H3/t19-,25+/m1/s1. The molecule has 0 fully saturated rings. The Hall–Kier alpha value is -2.90. The van der Waals surface area contributed by atoms with Crippen molar-refractivity contribution in [2.24, 2.45) is 5.92 Å². The van der Waals surface area contributed by atoms with Gasteiger partial charge >= 0.3 is 0 Å². The summed E-state index contributed by atoms with van der Waals surface area (Å²) < 4.78 is 19.3. The van der Waals surface area contributed by atoms with Gasteiger partial charge in [-0.05, 0) is 71.8 Å². The van der Waals surface area contributed by atoms with Crippen molar-refractivity contribution in [3.8, 4) is 5.75 Å². The van der Waals surface area contributed by atoms with Gasteiger partial charge in [0.25, 0.3) is 5.91 Å². The average molecular weight is 529 g/mol. The van der Waals surface area contributed by atoms with E-state index >= 15 is 0 Å². The molecule has 0 saturated heterocycles. The van der Waals surface area contributed by atoms with Crippen LogP contribution in [0.1, 0.15) is 47.1 Å². The third kappa shape index (κ3) is 6.26. The summed E-state index contributed by atoms with van der Waals surface area (Å²) in [5.74, 6) is 0.114. The zero-order chi connectivity index (χ0) is 25.7. The molecule has 0 bridgehead atoms. The Morgan fingerprint density at radius 2 is 2.00 bits per heavy atom. The monoisotopic (exact) mass is 528 g/mol. The molecule has 2 aromatic carbocycles. The highest BCUT2D eigenvalue weighted by Crippen LogP contribution is 2.34. The lowest BCUT2D eigenvalue weighted by Gasteiger charge is -2.37. The summed E-state index contributed by atoms with van der Waals surface area (Å²) in [6, 6.07) is 14.4. The lowest BCUT2D eigenvalue weighted by atomic mass is 10.00. The number of halogens is 2. The fraction of sp³-hybridized carbons (Fsp3) is 0.357. The third-order valence-corrected chi connectivity index (χ3v) is 7.78. The fourth-order valence-corrected chi connectivity index (χ4v) is 5.48. The van der Waals surface area contributed by atoms with Crippen molar-refractivity contribution in [3.63, 3.8) is 0 Å². The predicted molar refractivity (Wildman–Crippen MR) is 141 cm³/mol. The second-order valence-corrected chi connectivity index (χ2v) is 10.6. The van der Waals surface area contributed by atoms with Crippen molar-refractivity contribution in [2.45, 2.75) is 32.7 Å². The van der Waals surface area contributed by atoms with Crippen LogP contribution in [0.25, 0.3) is 0 Å². The van der Waals surface area contributed by atoms with Gasteiger partial charge in [0.05, 0.1) is 6.04 Å². The van der Waals surface area contributed by atoms with Crippen LogP contribution in [0.2, 0.25) is 5.02 Å². The number of rotatable bonds is 9. The number of thiophene rings is 1. The Labute approximate surface area is 220 Å². The number of benzene rings is 2. The van der Waals surface area contributed by atoms with Crippen LogP contribution >= 0.6 is 22.9 Å². The summed E-state index contributed by atoms with van der Waals surface area (Å²) in [5.41, 5.74) is 1.53. The number of carbonyl (C=O) groups is 2. The Bertz CT molecular complexity index is 1200. The van der Waals surface area contributed by atoms with Crippen LogP contribution in [0.15, 0.2) is 60.0 Å². The van der Waals surface area contributed by atoms with Gasteiger partial charge < -0.3 is 14.5 Å². The predicted octanol–water partition coefficient (Wildman–Crippen LogP) is 6.23. The van der Waals surface area contributed by atoms with Gasteiger partial charge in [0, 0.05) is 28.6 Å². The molecule has 0 spiro atoms. The molecule has 1 aromatic heterocycles. The second-order valence-electron chi connectivity index (χ2n) is 9.13. The van der Waals surface area contributed by atoms with Crippen LogP contribution in [0.5, 0.6) is 5.75 Å². The van der Waals surface area contributed by atoms with E-state index in [1.165, 1.54) is 17.0 Å². The van der Waals surface area contributed by atoms with Crippen LogP contribution in [-0.2, 0) is 11.2 Å². The third-order valence-electron chi connectivity index (χ3n) is 6.55. The van der Waals surface area contributed by atoms with Crippen molar-refractivity contribution in [1.29, 1.82) is 0 Å².